The Morgan fingerprint density at radius 3 is 2.09 bits per heavy atom. The third-order valence-corrected chi connectivity index (χ3v) is 6.18. The topological polar surface area (TPSA) is 87.2 Å². The normalized spacial score (nSPS) is 16.7. The molecule has 1 fully saturated rings. The van der Waals surface area contributed by atoms with Gasteiger partial charge in [-0.15, -0.1) is 0 Å². The van der Waals surface area contributed by atoms with E-state index in [1.165, 1.54) is 7.11 Å². The minimum absolute atomic E-state index is 0.150. The van der Waals surface area contributed by atoms with Gasteiger partial charge in [0.2, 0.25) is 5.91 Å². The molecule has 7 heteroatoms. The Balaban J connectivity index is 1.85. The third-order valence-electron chi connectivity index (χ3n) is 6.18. The van der Waals surface area contributed by atoms with Gasteiger partial charge < -0.3 is 14.7 Å². The number of para-hydroxylation sites is 1. The maximum atomic E-state index is 13.1. The summed E-state index contributed by atoms with van der Waals surface area (Å²) in [4.78, 5) is 41.6. The fourth-order valence-corrected chi connectivity index (χ4v) is 4.45. The Labute approximate surface area is 188 Å². The standard InChI is InChI=1S/C25H30N2O5/c1-3-22(28)27(20-12-8-5-9-13-20)25(24(31)32-2)14-16-26(17-15-25)18-21(23(29)30)19-10-6-4-7-11-19/h4-13,21H,3,14-18H2,1-2H3,(H,29,30). The van der Waals surface area contributed by atoms with Gasteiger partial charge in [0, 0.05) is 31.7 Å². The molecular formula is C25H30N2O5. The Morgan fingerprint density at radius 2 is 1.59 bits per heavy atom. The number of anilines is 1. The Morgan fingerprint density at radius 1 is 1.03 bits per heavy atom. The first-order valence-corrected chi connectivity index (χ1v) is 10.9. The number of nitrogens with zero attached hydrogens (tertiary/aromatic N) is 2. The number of hydrogen-bond donors (Lipinski definition) is 1. The van der Waals surface area contributed by atoms with Gasteiger partial charge in [0.15, 0.2) is 0 Å². The van der Waals surface area contributed by atoms with Crippen molar-refractivity contribution in [1.29, 1.82) is 0 Å². The monoisotopic (exact) mass is 438 g/mol. The van der Waals surface area contributed by atoms with Crippen molar-refractivity contribution in [2.45, 2.75) is 37.6 Å². The zero-order valence-electron chi connectivity index (χ0n) is 18.6. The molecule has 32 heavy (non-hydrogen) atoms. The van der Waals surface area contributed by atoms with Crippen LogP contribution in [0.25, 0.3) is 0 Å². The number of benzene rings is 2. The number of methoxy groups -OCH3 is 1. The first kappa shape index (κ1) is 23.5. The molecule has 2 aromatic rings. The molecule has 7 nitrogen and oxygen atoms in total. The predicted molar refractivity (Wildman–Crippen MR) is 121 cm³/mol. The second-order valence-electron chi connectivity index (χ2n) is 8.04. The van der Waals surface area contributed by atoms with Crippen molar-refractivity contribution >= 4 is 23.5 Å². The second-order valence-corrected chi connectivity index (χ2v) is 8.04. The molecule has 0 bridgehead atoms. The number of carbonyl (C=O) groups excluding carboxylic acids is 2. The van der Waals surface area contributed by atoms with Crippen LogP contribution in [-0.2, 0) is 19.1 Å². The van der Waals surface area contributed by atoms with Crippen LogP contribution < -0.4 is 4.90 Å². The fraction of sp³-hybridized carbons (Fsp3) is 0.400. The molecule has 1 aliphatic heterocycles. The van der Waals surface area contributed by atoms with Gasteiger partial charge in [-0.05, 0) is 30.5 Å². The lowest BCUT2D eigenvalue weighted by molar-refractivity contribution is -0.151. The second kappa shape index (κ2) is 10.4. The first-order valence-electron chi connectivity index (χ1n) is 10.9. The van der Waals surface area contributed by atoms with E-state index < -0.39 is 23.4 Å². The van der Waals surface area contributed by atoms with Crippen molar-refractivity contribution in [2.24, 2.45) is 0 Å². The van der Waals surface area contributed by atoms with Crippen LogP contribution in [-0.4, -0.2) is 60.1 Å². The van der Waals surface area contributed by atoms with Gasteiger partial charge in [0.05, 0.1) is 13.0 Å². The molecular weight excluding hydrogens is 408 g/mol. The average Bonchev–Trinajstić information content (AvgIpc) is 2.83. The van der Waals surface area contributed by atoms with E-state index in [1.807, 2.05) is 65.6 Å². The summed E-state index contributed by atoms with van der Waals surface area (Å²) in [6, 6.07) is 18.3. The number of amides is 1. The summed E-state index contributed by atoms with van der Waals surface area (Å²) in [5.74, 6) is -2.14. The molecule has 0 saturated carbocycles. The van der Waals surface area contributed by atoms with Gasteiger partial charge in [-0.1, -0.05) is 55.5 Å². The molecule has 0 radical (unpaired) electrons. The lowest BCUT2D eigenvalue weighted by Gasteiger charge is -2.46. The van der Waals surface area contributed by atoms with Crippen LogP contribution in [0.15, 0.2) is 60.7 Å². The third kappa shape index (κ3) is 4.83. The molecule has 170 valence electrons. The minimum Gasteiger partial charge on any atom is -0.481 e. The van der Waals surface area contributed by atoms with Gasteiger partial charge >= 0.3 is 11.9 Å². The van der Waals surface area contributed by atoms with Gasteiger partial charge in [-0.3, -0.25) is 14.5 Å². The van der Waals surface area contributed by atoms with Crippen LogP contribution >= 0.6 is 0 Å². The maximum absolute atomic E-state index is 13.1. The number of rotatable bonds is 8. The molecule has 2 aromatic carbocycles. The van der Waals surface area contributed by atoms with Gasteiger partial charge in [-0.2, -0.15) is 0 Å². The summed E-state index contributed by atoms with van der Waals surface area (Å²) in [7, 11) is 1.34. The lowest BCUT2D eigenvalue weighted by Crippen LogP contribution is -2.63. The van der Waals surface area contributed by atoms with Crippen molar-refractivity contribution in [3.05, 3.63) is 66.2 Å². The lowest BCUT2D eigenvalue weighted by atomic mass is 9.84. The fourth-order valence-electron chi connectivity index (χ4n) is 4.45. The number of carboxylic acid groups (broad SMARTS) is 1. The summed E-state index contributed by atoms with van der Waals surface area (Å²) in [6.07, 6.45) is 0.981. The number of esters is 1. The summed E-state index contributed by atoms with van der Waals surface area (Å²) in [5.41, 5.74) is 0.285. The van der Waals surface area contributed by atoms with Crippen molar-refractivity contribution in [2.75, 3.05) is 31.6 Å². The van der Waals surface area contributed by atoms with Crippen LogP contribution in [0.2, 0.25) is 0 Å². The van der Waals surface area contributed by atoms with E-state index in [-0.39, 0.29) is 12.3 Å². The van der Waals surface area contributed by atoms with Crippen LogP contribution in [0, 0.1) is 0 Å². The number of likely N-dealkylation sites (tertiary alicyclic amines) is 1. The number of piperidine rings is 1. The molecule has 1 unspecified atom stereocenters. The zero-order chi connectivity index (χ0) is 23.1. The molecule has 0 spiro atoms. The van der Waals surface area contributed by atoms with E-state index in [1.54, 1.807) is 11.8 Å². The van der Waals surface area contributed by atoms with Gasteiger partial charge in [-0.25, -0.2) is 4.79 Å². The van der Waals surface area contributed by atoms with Crippen LogP contribution in [0.1, 0.15) is 37.7 Å². The Bertz CT molecular complexity index is 924. The number of carbonyl (C=O) groups is 3. The van der Waals surface area contributed by atoms with E-state index >= 15 is 0 Å². The summed E-state index contributed by atoms with van der Waals surface area (Å²) in [6.45, 7) is 3.07. The quantitative estimate of drug-likeness (QED) is 0.637. The van der Waals surface area contributed by atoms with Crippen LogP contribution in [0.4, 0.5) is 5.69 Å². The minimum atomic E-state index is -1.12. The molecule has 0 aromatic heterocycles. The number of ether oxygens (including phenoxy) is 1. The van der Waals surface area contributed by atoms with E-state index in [2.05, 4.69) is 0 Å². The highest BCUT2D eigenvalue weighted by Gasteiger charge is 2.50. The van der Waals surface area contributed by atoms with Gasteiger partial charge in [0.25, 0.3) is 0 Å². The highest BCUT2D eigenvalue weighted by molar-refractivity contribution is 6.02. The number of carboxylic acids is 1. The molecule has 1 N–H and O–H groups in total. The first-order chi connectivity index (χ1) is 15.4. The molecule has 1 aliphatic rings. The molecule has 1 amide bonds. The van der Waals surface area contributed by atoms with Crippen molar-refractivity contribution < 1.29 is 24.2 Å². The SMILES string of the molecule is CCC(=O)N(c1ccccc1)C1(C(=O)OC)CCN(CC(C(=O)O)c2ccccc2)CC1. The van der Waals surface area contributed by atoms with Crippen molar-refractivity contribution in [3.8, 4) is 0 Å². The molecule has 1 saturated heterocycles. The predicted octanol–water partition coefficient (Wildman–Crippen LogP) is 3.31. The Kier molecular flexibility index (Phi) is 7.64. The van der Waals surface area contributed by atoms with E-state index in [4.69, 9.17) is 4.74 Å². The summed E-state index contributed by atoms with van der Waals surface area (Å²) in [5, 5.41) is 9.77. The van der Waals surface area contributed by atoms with Crippen molar-refractivity contribution in [1.82, 2.24) is 4.90 Å². The van der Waals surface area contributed by atoms with Crippen molar-refractivity contribution in [3.63, 3.8) is 0 Å². The van der Waals surface area contributed by atoms with Gasteiger partial charge in [0.1, 0.15) is 5.54 Å². The van der Waals surface area contributed by atoms with E-state index in [9.17, 15) is 19.5 Å². The molecule has 1 heterocycles. The highest BCUT2D eigenvalue weighted by atomic mass is 16.5. The summed E-state index contributed by atoms with van der Waals surface area (Å²) < 4.78 is 5.17. The zero-order valence-corrected chi connectivity index (χ0v) is 18.6. The van der Waals surface area contributed by atoms with E-state index in [0.29, 0.717) is 38.2 Å². The largest absolute Gasteiger partial charge is 0.481 e. The maximum Gasteiger partial charge on any atom is 0.332 e. The summed E-state index contributed by atoms with van der Waals surface area (Å²) >= 11 is 0. The number of aliphatic carboxylic acids is 1. The molecule has 0 aliphatic carbocycles. The molecule has 1 atom stereocenters. The van der Waals surface area contributed by atoms with E-state index in [0.717, 1.165) is 5.56 Å². The van der Waals surface area contributed by atoms with Crippen LogP contribution in [0.3, 0.4) is 0 Å². The Hall–Kier alpha value is -3.19. The number of hydrogen-bond acceptors (Lipinski definition) is 5. The average molecular weight is 439 g/mol. The van der Waals surface area contributed by atoms with Crippen LogP contribution in [0.5, 0.6) is 0 Å². The molecule has 3 rings (SSSR count). The highest BCUT2D eigenvalue weighted by Crippen LogP contribution is 2.36. The smallest absolute Gasteiger partial charge is 0.332 e.